The Balaban J connectivity index is 2.65. The van der Waals surface area contributed by atoms with Crippen molar-refractivity contribution < 1.29 is 14.7 Å². The molecule has 1 rings (SSSR count). The predicted molar refractivity (Wildman–Crippen MR) is 77.7 cm³/mol. The lowest BCUT2D eigenvalue weighted by Gasteiger charge is -2.26. The largest absolute Gasteiger partial charge is 0.394 e. The minimum atomic E-state index is -0.669. The monoisotopic (exact) mass is 298 g/mol. The van der Waals surface area contributed by atoms with E-state index >= 15 is 0 Å². The number of aliphatic hydroxyl groups excluding tert-OH is 1. The molecule has 1 aromatic carbocycles. The van der Waals surface area contributed by atoms with Crippen LogP contribution in [0.25, 0.3) is 0 Å². The molecule has 0 aliphatic carbocycles. The Morgan fingerprint density at radius 2 is 1.85 bits per heavy atom. The highest BCUT2D eigenvalue weighted by atomic mass is 35.5. The van der Waals surface area contributed by atoms with Crippen LogP contribution >= 0.6 is 11.6 Å². The van der Waals surface area contributed by atoms with Gasteiger partial charge in [-0.25, -0.2) is 0 Å². The van der Waals surface area contributed by atoms with Crippen LogP contribution in [0.3, 0.4) is 0 Å². The number of likely N-dealkylation sites (N-methyl/N-ethyl adjacent to an activating group) is 1. The van der Waals surface area contributed by atoms with Gasteiger partial charge >= 0.3 is 0 Å². The molecule has 0 saturated heterocycles. The smallest absolute Gasteiger partial charge is 0.251 e. The summed E-state index contributed by atoms with van der Waals surface area (Å²) in [4.78, 5) is 25.4. The molecule has 0 aliphatic rings. The Hall–Kier alpha value is -1.59. The van der Waals surface area contributed by atoms with Crippen LogP contribution in [0.5, 0.6) is 0 Å². The summed E-state index contributed by atoms with van der Waals surface area (Å²) >= 11 is 5.75. The molecular weight excluding hydrogens is 280 g/mol. The van der Waals surface area contributed by atoms with Crippen LogP contribution in [0, 0.1) is 0 Å². The number of amides is 2. The number of rotatable bonds is 5. The van der Waals surface area contributed by atoms with E-state index in [0.717, 1.165) is 0 Å². The normalized spacial score (nSPS) is 13.4. The zero-order chi connectivity index (χ0) is 15.3. The second-order valence-corrected chi connectivity index (χ2v) is 5.12. The summed E-state index contributed by atoms with van der Waals surface area (Å²) in [6.07, 6.45) is 0. The van der Waals surface area contributed by atoms with Crippen molar-refractivity contribution in [2.75, 3.05) is 13.7 Å². The van der Waals surface area contributed by atoms with E-state index in [1.54, 1.807) is 45.2 Å². The number of aliphatic hydroxyl groups is 1. The molecule has 2 atom stereocenters. The van der Waals surface area contributed by atoms with Crippen molar-refractivity contribution in [3.8, 4) is 0 Å². The second kappa shape index (κ2) is 7.26. The Morgan fingerprint density at radius 3 is 2.35 bits per heavy atom. The first-order valence-corrected chi connectivity index (χ1v) is 6.68. The first kappa shape index (κ1) is 16.5. The Bertz CT molecular complexity index is 476. The lowest BCUT2D eigenvalue weighted by Crippen LogP contribution is -2.49. The average Bonchev–Trinajstić information content (AvgIpc) is 2.45. The third-order valence-corrected chi connectivity index (χ3v) is 3.35. The molecule has 0 bridgehead atoms. The van der Waals surface area contributed by atoms with Crippen LogP contribution in [-0.4, -0.2) is 47.6 Å². The van der Waals surface area contributed by atoms with E-state index in [-0.39, 0.29) is 24.5 Å². The van der Waals surface area contributed by atoms with Crippen LogP contribution < -0.4 is 5.32 Å². The number of benzene rings is 1. The van der Waals surface area contributed by atoms with E-state index in [1.807, 2.05) is 0 Å². The van der Waals surface area contributed by atoms with E-state index in [0.29, 0.717) is 10.6 Å². The van der Waals surface area contributed by atoms with E-state index < -0.39 is 6.04 Å². The Morgan fingerprint density at radius 1 is 1.30 bits per heavy atom. The number of nitrogens with zero attached hydrogens (tertiary/aromatic N) is 1. The number of nitrogens with one attached hydrogen (secondary N) is 1. The molecule has 6 heteroatoms. The highest BCUT2D eigenvalue weighted by molar-refractivity contribution is 6.30. The van der Waals surface area contributed by atoms with Gasteiger partial charge in [0.25, 0.3) is 5.91 Å². The first-order valence-electron chi connectivity index (χ1n) is 6.30. The topological polar surface area (TPSA) is 69.6 Å². The fourth-order valence-corrected chi connectivity index (χ4v) is 1.71. The summed E-state index contributed by atoms with van der Waals surface area (Å²) in [6, 6.07) is 5.45. The van der Waals surface area contributed by atoms with E-state index in [9.17, 15) is 9.59 Å². The maximum absolute atomic E-state index is 12.0. The third-order valence-electron chi connectivity index (χ3n) is 3.10. The van der Waals surface area contributed by atoms with Gasteiger partial charge in [0, 0.05) is 17.6 Å². The minimum Gasteiger partial charge on any atom is -0.394 e. The number of halogens is 1. The molecule has 0 saturated carbocycles. The molecule has 0 aromatic heterocycles. The van der Waals surface area contributed by atoms with Crippen LogP contribution in [0.15, 0.2) is 24.3 Å². The summed E-state index contributed by atoms with van der Waals surface area (Å²) in [5.74, 6) is -0.596. The molecule has 0 heterocycles. The van der Waals surface area contributed by atoms with Gasteiger partial charge in [-0.05, 0) is 38.1 Å². The molecule has 2 N–H and O–H groups in total. The van der Waals surface area contributed by atoms with Gasteiger partial charge in [0.1, 0.15) is 6.04 Å². The van der Waals surface area contributed by atoms with E-state index in [4.69, 9.17) is 16.7 Å². The molecule has 0 fully saturated rings. The molecule has 0 aliphatic heterocycles. The van der Waals surface area contributed by atoms with Gasteiger partial charge in [0.05, 0.1) is 12.6 Å². The summed E-state index contributed by atoms with van der Waals surface area (Å²) in [5, 5.41) is 12.2. The zero-order valence-corrected chi connectivity index (χ0v) is 12.5. The van der Waals surface area contributed by atoms with Crippen LogP contribution in [-0.2, 0) is 4.79 Å². The predicted octanol–water partition coefficient (Wildman–Crippen LogP) is 1.30. The summed E-state index contributed by atoms with van der Waals surface area (Å²) in [7, 11) is 1.59. The molecule has 2 amide bonds. The van der Waals surface area contributed by atoms with Gasteiger partial charge in [-0.2, -0.15) is 0 Å². The van der Waals surface area contributed by atoms with Gasteiger partial charge in [0.15, 0.2) is 0 Å². The standard InChI is InChI=1S/C14H19ClN2O3/c1-9(8-18)17(3)14(20)10(2)16-13(19)11-4-6-12(15)7-5-11/h4-7,9-10,18H,8H2,1-3H3,(H,16,19). The number of hydrogen-bond acceptors (Lipinski definition) is 3. The van der Waals surface area contributed by atoms with Crippen molar-refractivity contribution in [1.29, 1.82) is 0 Å². The maximum Gasteiger partial charge on any atom is 0.251 e. The van der Waals surface area contributed by atoms with Crippen LogP contribution in [0.2, 0.25) is 5.02 Å². The summed E-state index contributed by atoms with van der Waals surface area (Å²) in [6.45, 7) is 3.21. The molecule has 0 radical (unpaired) electrons. The molecular formula is C14H19ClN2O3. The van der Waals surface area contributed by atoms with Crippen molar-refractivity contribution in [3.63, 3.8) is 0 Å². The minimum absolute atomic E-state index is 0.125. The summed E-state index contributed by atoms with van der Waals surface area (Å²) < 4.78 is 0. The Labute approximate surface area is 123 Å². The SMILES string of the molecule is CC(NC(=O)c1ccc(Cl)cc1)C(=O)N(C)C(C)CO. The van der Waals surface area contributed by atoms with E-state index in [1.165, 1.54) is 4.90 Å². The zero-order valence-electron chi connectivity index (χ0n) is 11.8. The van der Waals surface area contributed by atoms with Crippen molar-refractivity contribution in [3.05, 3.63) is 34.9 Å². The maximum atomic E-state index is 12.0. The fraction of sp³-hybridized carbons (Fsp3) is 0.429. The molecule has 20 heavy (non-hydrogen) atoms. The summed E-state index contributed by atoms with van der Waals surface area (Å²) in [5.41, 5.74) is 0.437. The van der Waals surface area contributed by atoms with Gasteiger partial charge in [-0.1, -0.05) is 11.6 Å². The van der Waals surface area contributed by atoms with Crippen molar-refractivity contribution in [2.45, 2.75) is 25.9 Å². The van der Waals surface area contributed by atoms with Crippen LogP contribution in [0.1, 0.15) is 24.2 Å². The lowest BCUT2D eigenvalue weighted by molar-refractivity contribution is -0.134. The molecule has 110 valence electrons. The molecule has 1 aromatic rings. The van der Waals surface area contributed by atoms with E-state index in [2.05, 4.69) is 5.32 Å². The fourth-order valence-electron chi connectivity index (χ4n) is 1.59. The molecule has 2 unspecified atom stereocenters. The molecule has 5 nitrogen and oxygen atoms in total. The number of carbonyl (C=O) groups is 2. The highest BCUT2D eigenvalue weighted by Gasteiger charge is 2.22. The third kappa shape index (κ3) is 4.21. The quantitative estimate of drug-likeness (QED) is 0.861. The van der Waals surface area contributed by atoms with Gasteiger partial charge in [0.2, 0.25) is 5.91 Å². The lowest BCUT2D eigenvalue weighted by atomic mass is 10.2. The second-order valence-electron chi connectivity index (χ2n) is 4.68. The van der Waals surface area contributed by atoms with Crippen molar-refractivity contribution in [1.82, 2.24) is 10.2 Å². The van der Waals surface area contributed by atoms with Gasteiger partial charge in [-0.3, -0.25) is 9.59 Å². The van der Waals surface area contributed by atoms with Crippen LogP contribution in [0.4, 0.5) is 0 Å². The van der Waals surface area contributed by atoms with Gasteiger partial charge < -0.3 is 15.3 Å². The first-order chi connectivity index (χ1) is 9.36. The number of hydrogen-bond donors (Lipinski definition) is 2. The van der Waals surface area contributed by atoms with Crippen molar-refractivity contribution in [2.24, 2.45) is 0 Å². The highest BCUT2D eigenvalue weighted by Crippen LogP contribution is 2.09. The van der Waals surface area contributed by atoms with Crippen molar-refractivity contribution >= 4 is 23.4 Å². The Kier molecular flexibility index (Phi) is 5.98. The molecule has 0 spiro atoms. The average molecular weight is 299 g/mol. The number of carbonyl (C=O) groups excluding carboxylic acids is 2. The van der Waals surface area contributed by atoms with Gasteiger partial charge in [-0.15, -0.1) is 0 Å².